The number of benzene rings is 1. The van der Waals surface area contributed by atoms with Crippen molar-refractivity contribution in [3.63, 3.8) is 0 Å². The predicted molar refractivity (Wildman–Crippen MR) is 97.3 cm³/mol. The predicted octanol–water partition coefficient (Wildman–Crippen LogP) is 3.79. The molecule has 2 aromatic rings. The lowest BCUT2D eigenvalue weighted by Crippen LogP contribution is -2.44. The third-order valence-corrected chi connectivity index (χ3v) is 5.04. The Bertz CT molecular complexity index is 675. The molecule has 2 heterocycles. The molecule has 1 N–H and O–H groups in total. The molecule has 1 saturated heterocycles. The minimum atomic E-state index is -0.446. The zero-order valence-corrected chi connectivity index (χ0v) is 15.4. The zero-order chi connectivity index (χ0) is 17.2. The van der Waals surface area contributed by atoms with Crippen molar-refractivity contribution in [1.82, 2.24) is 15.2 Å². The summed E-state index contributed by atoms with van der Waals surface area (Å²) in [5, 5.41) is 4.53. The molecule has 0 spiro atoms. The van der Waals surface area contributed by atoms with Crippen LogP contribution in [0, 0.1) is 0 Å². The molecule has 0 saturated carbocycles. The van der Waals surface area contributed by atoms with Gasteiger partial charge in [-0.25, -0.2) is 9.78 Å². The van der Waals surface area contributed by atoms with Crippen molar-refractivity contribution in [3.8, 4) is 0 Å². The second-order valence-corrected chi connectivity index (χ2v) is 8.29. The summed E-state index contributed by atoms with van der Waals surface area (Å²) < 4.78 is 6.72. The Kier molecular flexibility index (Phi) is 5.06. The number of hydrogen-bond acceptors (Lipinski definition) is 5. The number of thiazole rings is 1. The number of ether oxygens (including phenoxy) is 1. The molecule has 1 unspecified atom stereocenters. The Labute approximate surface area is 147 Å². The molecule has 24 heavy (non-hydrogen) atoms. The van der Waals surface area contributed by atoms with Gasteiger partial charge in [0.25, 0.3) is 0 Å². The summed E-state index contributed by atoms with van der Waals surface area (Å²) in [6.45, 7) is 8.00. The molecular weight excluding hydrogens is 322 g/mol. The van der Waals surface area contributed by atoms with Gasteiger partial charge in [0.05, 0.1) is 10.2 Å². The van der Waals surface area contributed by atoms with E-state index in [1.165, 1.54) is 4.70 Å². The van der Waals surface area contributed by atoms with Gasteiger partial charge in [-0.05, 0) is 45.7 Å². The molecule has 3 rings (SSSR count). The Hall–Kier alpha value is -1.66. The number of aromatic nitrogens is 1. The van der Waals surface area contributed by atoms with Crippen LogP contribution in [0.2, 0.25) is 0 Å². The van der Waals surface area contributed by atoms with E-state index in [0.717, 1.165) is 43.0 Å². The fourth-order valence-electron chi connectivity index (χ4n) is 2.95. The van der Waals surface area contributed by atoms with Crippen molar-refractivity contribution < 1.29 is 9.53 Å². The summed E-state index contributed by atoms with van der Waals surface area (Å²) in [7, 11) is 0. The van der Waals surface area contributed by atoms with Gasteiger partial charge in [-0.2, -0.15) is 0 Å². The monoisotopic (exact) mass is 347 g/mol. The molecule has 1 fully saturated rings. The minimum Gasteiger partial charge on any atom is -0.444 e. The molecule has 1 aromatic heterocycles. The van der Waals surface area contributed by atoms with Crippen molar-refractivity contribution in [2.75, 3.05) is 13.1 Å². The van der Waals surface area contributed by atoms with E-state index in [1.807, 2.05) is 43.9 Å². The number of hydrogen-bond donors (Lipinski definition) is 1. The number of rotatable bonds is 4. The van der Waals surface area contributed by atoms with E-state index in [9.17, 15) is 4.79 Å². The average Bonchev–Trinajstić information content (AvgIpc) is 3.11. The summed E-state index contributed by atoms with van der Waals surface area (Å²) >= 11 is 1.72. The molecular formula is C18H25N3O2S. The van der Waals surface area contributed by atoms with E-state index >= 15 is 0 Å². The van der Waals surface area contributed by atoms with Crippen LogP contribution in [-0.4, -0.2) is 40.7 Å². The SMILES string of the molecule is CC(C)(C)OC(=O)N1CCCC1CNCc1nc2ccccc2s1. The molecule has 1 aliphatic rings. The summed E-state index contributed by atoms with van der Waals surface area (Å²) in [4.78, 5) is 18.8. The van der Waals surface area contributed by atoms with Gasteiger partial charge in [-0.1, -0.05) is 12.1 Å². The molecule has 0 radical (unpaired) electrons. The smallest absolute Gasteiger partial charge is 0.410 e. The van der Waals surface area contributed by atoms with Crippen LogP contribution >= 0.6 is 11.3 Å². The first kappa shape index (κ1) is 17.2. The number of carbonyl (C=O) groups is 1. The van der Waals surface area contributed by atoms with Crippen LogP contribution < -0.4 is 5.32 Å². The summed E-state index contributed by atoms with van der Waals surface area (Å²) in [5.74, 6) is 0. The quantitative estimate of drug-likeness (QED) is 0.914. The first-order valence-electron chi connectivity index (χ1n) is 8.47. The minimum absolute atomic E-state index is 0.202. The van der Waals surface area contributed by atoms with Gasteiger partial charge in [0.2, 0.25) is 0 Å². The van der Waals surface area contributed by atoms with Crippen LogP contribution in [0.3, 0.4) is 0 Å². The number of para-hydroxylation sites is 1. The largest absolute Gasteiger partial charge is 0.444 e. The number of carbonyl (C=O) groups excluding carboxylic acids is 1. The normalized spacial score (nSPS) is 18.3. The standard InChI is InChI=1S/C18H25N3O2S/c1-18(2,3)23-17(22)21-10-6-7-13(21)11-19-12-16-20-14-8-4-5-9-15(14)24-16/h4-5,8-9,13,19H,6-7,10-12H2,1-3H3. The number of nitrogens with one attached hydrogen (secondary N) is 1. The van der Waals surface area contributed by atoms with Crippen LogP contribution in [0.4, 0.5) is 4.79 Å². The molecule has 6 heteroatoms. The van der Waals surface area contributed by atoms with Crippen molar-refractivity contribution >= 4 is 27.6 Å². The van der Waals surface area contributed by atoms with Gasteiger partial charge in [-0.3, -0.25) is 0 Å². The van der Waals surface area contributed by atoms with E-state index in [4.69, 9.17) is 4.74 Å². The Morgan fingerprint density at radius 2 is 2.21 bits per heavy atom. The lowest BCUT2D eigenvalue weighted by atomic mass is 10.2. The maximum absolute atomic E-state index is 12.3. The lowest BCUT2D eigenvalue weighted by Gasteiger charge is -2.28. The van der Waals surface area contributed by atoms with E-state index in [-0.39, 0.29) is 12.1 Å². The highest BCUT2D eigenvalue weighted by atomic mass is 32.1. The Morgan fingerprint density at radius 1 is 1.42 bits per heavy atom. The third kappa shape index (κ3) is 4.24. The molecule has 1 aromatic carbocycles. The highest BCUT2D eigenvalue weighted by Gasteiger charge is 2.31. The fourth-order valence-corrected chi connectivity index (χ4v) is 3.89. The maximum atomic E-state index is 12.3. The zero-order valence-electron chi connectivity index (χ0n) is 14.5. The molecule has 5 nitrogen and oxygen atoms in total. The van der Waals surface area contributed by atoms with E-state index < -0.39 is 5.60 Å². The maximum Gasteiger partial charge on any atom is 0.410 e. The highest BCUT2D eigenvalue weighted by molar-refractivity contribution is 7.18. The fraction of sp³-hybridized carbons (Fsp3) is 0.556. The summed E-state index contributed by atoms with van der Waals surface area (Å²) in [5.41, 5.74) is 0.606. The summed E-state index contributed by atoms with van der Waals surface area (Å²) in [6, 6.07) is 8.38. The van der Waals surface area contributed by atoms with Gasteiger partial charge in [0.1, 0.15) is 10.6 Å². The second-order valence-electron chi connectivity index (χ2n) is 7.18. The summed E-state index contributed by atoms with van der Waals surface area (Å²) in [6.07, 6.45) is 1.85. The van der Waals surface area contributed by atoms with Gasteiger partial charge in [0, 0.05) is 25.7 Å². The van der Waals surface area contributed by atoms with Crippen molar-refractivity contribution in [2.45, 2.75) is 51.8 Å². The second kappa shape index (κ2) is 7.07. The van der Waals surface area contributed by atoms with Crippen LogP contribution in [0.15, 0.2) is 24.3 Å². The van der Waals surface area contributed by atoms with E-state index in [2.05, 4.69) is 16.4 Å². The molecule has 0 bridgehead atoms. The average molecular weight is 347 g/mol. The van der Waals surface area contributed by atoms with Crippen molar-refractivity contribution in [3.05, 3.63) is 29.3 Å². The van der Waals surface area contributed by atoms with Crippen LogP contribution in [0.25, 0.3) is 10.2 Å². The number of nitrogens with zero attached hydrogens (tertiary/aromatic N) is 2. The van der Waals surface area contributed by atoms with Gasteiger partial charge < -0.3 is 15.0 Å². The Balaban J connectivity index is 1.52. The first-order chi connectivity index (χ1) is 11.4. The van der Waals surface area contributed by atoms with Crippen molar-refractivity contribution in [2.24, 2.45) is 0 Å². The molecule has 1 aliphatic heterocycles. The third-order valence-electron chi connectivity index (χ3n) is 4.00. The van der Waals surface area contributed by atoms with Crippen LogP contribution in [-0.2, 0) is 11.3 Å². The van der Waals surface area contributed by atoms with Gasteiger partial charge in [0.15, 0.2) is 0 Å². The lowest BCUT2D eigenvalue weighted by molar-refractivity contribution is 0.0226. The molecule has 130 valence electrons. The molecule has 1 atom stereocenters. The van der Waals surface area contributed by atoms with Crippen LogP contribution in [0.5, 0.6) is 0 Å². The first-order valence-corrected chi connectivity index (χ1v) is 9.29. The number of likely N-dealkylation sites (tertiary alicyclic amines) is 1. The Morgan fingerprint density at radius 3 is 2.96 bits per heavy atom. The number of amides is 1. The molecule has 0 aliphatic carbocycles. The van der Waals surface area contributed by atoms with E-state index in [0.29, 0.717) is 0 Å². The molecule has 1 amide bonds. The van der Waals surface area contributed by atoms with E-state index in [1.54, 1.807) is 11.3 Å². The topological polar surface area (TPSA) is 54.5 Å². The van der Waals surface area contributed by atoms with Crippen LogP contribution in [0.1, 0.15) is 38.6 Å². The van der Waals surface area contributed by atoms with Crippen molar-refractivity contribution in [1.29, 1.82) is 0 Å². The van der Waals surface area contributed by atoms with Gasteiger partial charge >= 0.3 is 6.09 Å². The number of fused-ring (bicyclic) bond motifs is 1. The van der Waals surface area contributed by atoms with Gasteiger partial charge in [-0.15, -0.1) is 11.3 Å². The highest BCUT2D eigenvalue weighted by Crippen LogP contribution is 2.22.